The number of aryl methyl sites for hydroxylation is 1. The maximum absolute atomic E-state index is 13.2. The van der Waals surface area contributed by atoms with Crippen molar-refractivity contribution in [1.82, 2.24) is 5.32 Å². The van der Waals surface area contributed by atoms with Gasteiger partial charge in [-0.15, -0.1) is 0 Å². The Morgan fingerprint density at radius 2 is 2.00 bits per heavy atom. The fourth-order valence-electron chi connectivity index (χ4n) is 1.67. The second kappa shape index (κ2) is 7.28. The molecule has 0 atom stereocenters. The van der Waals surface area contributed by atoms with Crippen molar-refractivity contribution in [2.45, 2.75) is 39.7 Å². The zero-order valence-electron chi connectivity index (χ0n) is 10.9. The summed E-state index contributed by atoms with van der Waals surface area (Å²) in [5, 5.41) is 3.40. The van der Waals surface area contributed by atoms with Crippen LogP contribution in [0.15, 0.2) is 18.2 Å². The lowest BCUT2D eigenvalue weighted by Gasteiger charge is -2.15. The van der Waals surface area contributed by atoms with Crippen LogP contribution >= 0.6 is 0 Å². The third kappa shape index (κ3) is 4.73. The number of ether oxygens (including phenoxy) is 1. The van der Waals surface area contributed by atoms with Gasteiger partial charge in [0.15, 0.2) is 0 Å². The van der Waals surface area contributed by atoms with E-state index in [4.69, 9.17) is 4.74 Å². The Labute approximate surface area is 103 Å². The molecule has 0 unspecified atom stereocenters. The molecule has 0 amide bonds. The van der Waals surface area contributed by atoms with Crippen LogP contribution in [0.1, 0.15) is 32.3 Å². The second-order valence-corrected chi connectivity index (χ2v) is 4.23. The van der Waals surface area contributed by atoms with Crippen LogP contribution in [-0.2, 0) is 0 Å². The van der Waals surface area contributed by atoms with Crippen molar-refractivity contribution >= 4 is 0 Å². The zero-order valence-corrected chi connectivity index (χ0v) is 10.9. The summed E-state index contributed by atoms with van der Waals surface area (Å²) < 4.78 is 18.7. The van der Waals surface area contributed by atoms with E-state index < -0.39 is 0 Å². The van der Waals surface area contributed by atoms with Crippen molar-refractivity contribution in [2.24, 2.45) is 0 Å². The molecule has 0 aliphatic rings. The van der Waals surface area contributed by atoms with Crippen molar-refractivity contribution in [1.29, 1.82) is 0 Å². The zero-order chi connectivity index (χ0) is 12.7. The Balaban J connectivity index is 2.28. The van der Waals surface area contributed by atoms with Crippen LogP contribution in [-0.4, -0.2) is 19.2 Å². The number of hydrogen-bond donors (Lipinski definition) is 1. The van der Waals surface area contributed by atoms with Crippen LogP contribution < -0.4 is 10.1 Å². The maximum atomic E-state index is 13.2. The van der Waals surface area contributed by atoms with Crippen molar-refractivity contribution in [2.75, 3.05) is 13.2 Å². The molecule has 17 heavy (non-hydrogen) atoms. The molecule has 0 aliphatic heterocycles. The lowest BCUT2D eigenvalue weighted by Crippen LogP contribution is -2.31. The molecule has 0 aliphatic carbocycles. The molecule has 0 saturated carbocycles. The van der Waals surface area contributed by atoms with E-state index >= 15 is 0 Å². The van der Waals surface area contributed by atoms with E-state index in [1.54, 1.807) is 19.1 Å². The number of benzene rings is 1. The van der Waals surface area contributed by atoms with Crippen LogP contribution in [0.3, 0.4) is 0 Å². The number of hydrogen-bond acceptors (Lipinski definition) is 2. The molecular weight excluding hydrogens is 217 g/mol. The van der Waals surface area contributed by atoms with Gasteiger partial charge in [-0.1, -0.05) is 19.9 Å². The molecule has 0 aromatic heterocycles. The van der Waals surface area contributed by atoms with Gasteiger partial charge in [0.2, 0.25) is 0 Å². The first kappa shape index (κ1) is 14.0. The highest BCUT2D eigenvalue weighted by molar-refractivity contribution is 5.27. The van der Waals surface area contributed by atoms with Gasteiger partial charge in [-0.3, -0.25) is 0 Å². The summed E-state index contributed by atoms with van der Waals surface area (Å²) in [7, 11) is 0. The highest BCUT2D eigenvalue weighted by Gasteiger charge is 2.02. The van der Waals surface area contributed by atoms with Crippen LogP contribution in [0.25, 0.3) is 0 Å². The number of nitrogens with one attached hydrogen (secondary N) is 1. The first-order valence-electron chi connectivity index (χ1n) is 6.29. The van der Waals surface area contributed by atoms with Crippen LogP contribution in [0, 0.1) is 12.7 Å². The van der Waals surface area contributed by atoms with Crippen molar-refractivity contribution in [3.8, 4) is 5.75 Å². The van der Waals surface area contributed by atoms with Gasteiger partial charge in [-0.25, -0.2) is 4.39 Å². The quantitative estimate of drug-likeness (QED) is 0.737. The van der Waals surface area contributed by atoms with Crippen molar-refractivity contribution < 1.29 is 9.13 Å². The summed E-state index contributed by atoms with van der Waals surface area (Å²) in [4.78, 5) is 0. The normalized spacial score (nSPS) is 10.9. The Morgan fingerprint density at radius 1 is 1.29 bits per heavy atom. The summed E-state index contributed by atoms with van der Waals surface area (Å²) in [6.45, 7) is 7.43. The topological polar surface area (TPSA) is 21.3 Å². The highest BCUT2D eigenvalue weighted by atomic mass is 19.1. The van der Waals surface area contributed by atoms with E-state index in [1.807, 2.05) is 0 Å². The predicted molar refractivity (Wildman–Crippen MR) is 69.0 cm³/mol. The average molecular weight is 239 g/mol. The minimum Gasteiger partial charge on any atom is -0.492 e. The van der Waals surface area contributed by atoms with Gasteiger partial charge in [0.25, 0.3) is 0 Å². The molecule has 1 rings (SSSR count). The first-order chi connectivity index (χ1) is 8.17. The van der Waals surface area contributed by atoms with Crippen LogP contribution in [0.5, 0.6) is 5.75 Å². The van der Waals surface area contributed by atoms with E-state index in [2.05, 4.69) is 19.2 Å². The largest absolute Gasteiger partial charge is 0.492 e. The SMILES string of the molecule is CCC(CC)NCCOc1ccc(C)c(F)c1. The number of halogens is 1. The molecule has 0 heterocycles. The third-order valence-corrected chi connectivity index (χ3v) is 2.93. The smallest absolute Gasteiger partial charge is 0.129 e. The Bertz CT molecular complexity index is 337. The van der Waals surface area contributed by atoms with Gasteiger partial charge < -0.3 is 10.1 Å². The van der Waals surface area contributed by atoms with Crippen LogP contribution in [0.2, 0.25) is 0 Å². The van der Waals surface area contributed by atoms with Gasteiger partial charge in [-0.2, -0.15) is 0 Å². The second-order valence-electron chi connectivity index (χ2n) is 4.23. The molecule has 0 radical (unpaired) electrons. The van der Waals surface area contributed by atoms with E-state index in [0.29, 0.717) is 24.0 Å². The average Bonchev–Trinajstić information content (AvgIpc) is 2.34. The summed E-state index contributed by atoms with van der Waals surface area (Å²) in [5.74, 6) is 0.384. The third-order valence-electron chi connectivity index (χ3n) is 2.93. The molecular formula is C14H22FNO. The predicted octanol–water partition coefficient (Wildman–Crippen LogP) is 3.29. The molecule has 0 spiro atoms. The van der Waals surface area contributed by atoms with E-state index in [9.17, 15) is 4.39 Å². The summed E-state index contributed by atoms with van der Waals surface area (Å²) >= 11 is 0. The maximum Gasteiger partial charge on any atom is 0.129 e. The van der Waals surface area contributed by atoms with Crippen LogP contribution in [0.4, 0.5) is 4.39 Å². The van der Waals surface area contributed by atoms with Gasteiger partial charge in [0.05, 0.1) is 0 Å². The van der Waals surface area contributed by atoms with Gasteiger partial charge >= 0.3 is 0 Å². The Kier molecular flexibility index (Phi) is 5.98. The summed E-state index contributed by atoms with van der Waals surface area (Å²) in [6, 6.07) is 5.52. The van der Waals surface area contributed by atoms with Crippen molar-refractivity contribution in [3.63, 3.8) is 0 Å². The van der Waals surface area contributed by atoms with Gasteiger partial charge in [-0.05, 0) is 31.4 Å². The Morgan fingerprint density at radius 3 is 2.59 bits per heavy atom. The molecule has 0 bridgehead atoms. The standard InChI is InChI=1S/C14H22FNO/c1-4-12(5-2)16-8-9-17-13-7-6-11(3)14(15)10-13/h6-7,10,12,16H,4-5,8-9H2,1-3H3. The number of rotatable bonds is 7. The van der Waals surface area contributed by atoms with E-state index in [0.717, 1.165) is 19.4 Å². The summed E-state index contributed by atoms with van der Waals surface area (Å²) in [6.07, 6.45) is 2.24. The van der Waals surface area contributed by atoms with Gasteiger partial charge in [0, 0.05) is 18.7 Å². The molecule has 0 fully saturated rings. The molecule has 96 valence electrons. The van der Waals surface area contributed by atoms with E-state index in [-0.39, 0.29) is 5.82 Å². The minimum absolute atomic E-state index is 0.213. The molecule has 2 nitrogen and oxygen atoms in total. The Hall–Kier alpha value is -1.09. The fraction of sp³-hybridized carbons (Fsp3) is 0.571. The monoisotopic (exact) mass is 239 g/mol. The molecule has 1 aromatic carbocycles. The van der Waals surface area contributed by atoms with Gasteiger partial charge in [0.1, 0.15) is 18.2 Å². The summed E-state index contributed by atoms with van der Waals surface area (Å²) in [5.41, 5.74) is 0.646. The molecule has 3 heteroatoms. The first-order valence-corrected chi connectivity index (χ1v) is 6.29. The van der Waals surface area contributed by atoms with Crippen molar-refractivity contribution in [3.05, 3.63) is 29.6 Å². The lowest BCUT2D eigenvalue weighted by atomic mass is 10.2. The molecule has 1 aromatic rings. The van der Waals surface area contributed by atoms with E-state index in [1.165, 1.54) is 6.07 Å². The minimum atomic E-state index is -0.213. The molecule has 0 saturated heterocycles. The fourth-order valence-corrected chi connectivity index (χ4v) is 1.67. The highest BCUT2D eigenvalue weighted by Crippen LogP contribution is 2.15. The molecule has 1 N–H and O–H groups in total. The lowest BCUT2D eigenvalue weighted by molar-refractivity contribution is 0.301.